The smallest absolute Gasteiger partial charge is 0.178 e. The molecular weight excluding hydrogens is 364 g/mol. The fourth-order valence-corrected chi connectivity index (χ4v) is 3.57. The van der Waals surface area contributed by atoms with Crippen molar-refractivity contribution in [2.24, 2.45) is 0 Å². The highest BCUT2D eigenvalue weighted by Crippen LogP contribution is 2.33. The number of thiophene rings is 1. The molecule has 140 valence electrons. The van der Waals surface area contributed by atoms with Gasteiger partial charge in [-0.15, -0.1) is 11.3 Å². The summed E-state index contributed by atoms with van der Waals surface area (Å²) in [5.41, 5.74) is 1.49. The number of ether oxygens (including phenoxy) is 1. The topological polar surface area (TPSA) is 80.7 Å². The average molecular weight is 384 g/mol. The van der Waals surface area contributed by atoms with E-state index in [0.717, 1.165) is 27.3 Å². The van der Waals surface area contributed by atoms with E-state index in [0.29, 0.717) is 18.8 Å². The van der Waals surface area contributed by atoms with Crippen molar-refractivity contribution in [2.45, 2.75) is 19.1 Å². The van der Waals surface area contributed by atoms with E-state index in [4.69, 9.17) is 13.7 Å². The molecule has 0 saturated carbocycles. The van der Waals surface area contributed by atoms with Gasteiger partial charge in [0.25, 0.3) is 0 Å². The third-order valence-electron chi connectivity index (χ3n) is 4.12. The normalized spacial score (nSPS) is 13.7. The quantitative estimate of drug-likeness (QED) is 0.477. The van der Waals surface area contributed by atoms with Crippen molar-refractivity contribution >= 4 is 21.6 Å². The second-order valence-corrected chi connectivity index (χ2v) is 7.56. The summed E-state index contributed by atoms with van der Waals surface area (Å²) in [7, 11) is 0. The van der Waals surface area contributed by atoms with Crippen LogP contribution in [0.15, 0.2) is 63.0 Å². The molecule has 6 nitrogen and oxygen atoms in total. The lowest BCUT2D eigenvalue weighted by atomic mass is 10.1. The molecule has 0 aliphatic carbocycles. The molecule has 7 heteroatoms. The minimum atomic E-state index is -1.02. The van der Waals surface area contributed by atoms with Crippen molar-refractivity contribution < 1.29 is 18.8 Å². The maximum absolute atomic E-state index is 10.5. The molecule has 0 spiro atoms. The molecule has 0 saturated heterocycles. The van der Waals surface area contributed by atoms with E-state index >= 15 is 0 Å². The Balaban J connectivity index is 1.37. The predicted molar refractivity (Wildman–Crippen MR) is 104 cm³/mol. The number of nitrogens with one attached hydrogen (secondary N) is 1. The Labute approximate surface area is 160 Å². The number of rotatable bonds is 8. The summed E-state index contributed by atoms with van der Waals surface area (Å²) >= 11 is 1.59. The van der Waals surface area contributed by atoms with Crippen LogP contribution in [0.2, 0.25) is 0 Å². The first-order chi connectivity index (χ1) is 13.1. The predicted octanol–water partition coefficient (Wildman–Crippen LogP) is 4.07. The van der Waals surface area contributed by atoms with Gasteiger partial charge in [-0.2, -0.15) is 0 Å². The summed E-state index contributed by atoms with van der Waals surface area (Å²) in [6, 6.07) is 13.3. The van der Waals surface area contributed by atoms with Crippen LogP contribution in [0.25, 0.3) is 21.5 Å². The summed E-state index contributed by atoms with van der Waals surface area (Å²) in [4.78, 5) is 0. The number of furan rings is 1. The Kier molecular flexibility index (Phi) is 4.98. The third-order valence-corrected chi connectivity index (χ3v) is 5.02. The molecule has 0 aliphatic heterocycles. The number of aliphatic hydroxyl groups is 1. The molecule has 0 radical (unpaired) electrons. The van der Waals surface area contributed by atoms with Gasteiger partial charge in [-0.05, 0) is 42.6 Å². The Morgan fingerprint density at radius 2 is 2.19 bits per heavy atom. The van der Waals surface area contributed by atoms with Crippen LogP contribution in [0.4, 0.5) is 0 Å². The van der Waals surface area contributed by atoms with Crippen LogP contribution in [-0.2, 0) is 6.54 Å². The lowest BCUT2D eigenvalue weighted by Gasteiger charge is -2.24. The van der Waals surface area contributed by atoms with Gasteiger partial charge in [-0.1, -0.05) is 17.3 Å². The van der Waals surface area contributed by atoms with Crippen LogP contribution in [0.3, 0.4) is 0 Å². The lowest BCUT2D eigenvalue weighted by Crippen LogP contribution is -2.42. The van der Waals surface area contributed by atoms with E-state index in [1.807, 2.05) is 47.8 Å². The third kappa shape index (κ3) is 4.21. The summed E-state index contributed by atoms with van der Waals surface area (Å²) in [6.07, 6.45) is 1.63. The van der Waals surface area contributed by atoms with Crippen LogP contribution in [-0.4, -0.2) is 29.0 Å². The lowest BCUT2D eigenvalue weighted by molar-refractivity contribution is 0.0118. The van der Waals surface area contributed by atoms with E-state index in [2.05, 4.69) is 10.5 Å². The molecule has 0 bridgehead atoms. The molecule has 0 fully saturated rings. The summed E-state index contributed by atoms with van der Waals surface area (Å²) in [5.74, 6) is 1.50. The zero-order chi connectivity index (χ0) is 18.7. The highest BCUT2D eigenvalue weighted by Gasteiger charge is 2.21. The number of fused-ring (bicyclic) bond motifs is 1. The van der Waals surface area contributed by atoms with Crippen LogP contribution in [0.1, 0.15) is 12.7 Å². The van der Waals surface area contributed by atoms with Crippen molar-refractivity contribution in [3.63, 3.8) is 0 Å². The number of aromatic nitrogens is 1. The van der Waals surface area contributed by atoms with Gasteiger partial charge >= 0.3 is 0 Å². The second-order valence-electron chi connectivity index (χ2n) is 6.64. The van der Waals surface area contributed by atoms with Crippen LogP contribution in [0.5, 0.6) is 5.75 Å². The molecule has 27 heavy (non-hydrogen) atoms. The maximum atomic E-state index is 10.5. The number of nitrogens with zero attached hydrogens (tertiary/aromatic N) is 1. The van der Waals surface area contributed by atoms with Gasteiger partial charge in [0, 0.05) is 12.1 Å². The monoisotopic (exact) mass is 384 g/mol. The van der Waals surface area contributed by atoms with E-state index in [1.54, 1.807) is 24.5 Å². The minimum absolute atomic E-state index is 0.162. The van der Waals surface area contributed by atoms with Gasteiger partial charge in [-0.3, -0.25) is 0 Å². The van der Waals surface area contributed by atoms with Crippen molar-refractivity contribution in [2.75, 3.05) is 13.2 Å². The Morgan fingerprint density at radius 1 is 1.26 bits per heavy atom. The molecule has 1 atom stereocenters. The highest BCUT2D eigenvalue weighted by molar-refractivity contribution is 7.17. The number of benzene rings is 1. The minimum Gasteiger partial charge on any atom is -0.491 e. The molecular formula is C20H20N2O4S. The SMILES string of the molecule is CC(O)(CNCc1ccco1)COc1cccc(-c2noc3ccsc23)c1. The standard InChI is InChI=1S/C20H20N2O4S/c1-20(23,12-21-11-16-6-3-8-24-16)13-25-15-5-2-4-14(10-15)18-19-17(26-22-18)7-9-27-19/h2-10,21,23H,11-13H2,1H3. The second kappa shape index (κ2) is 7.56. The van der Waals surface area contributed by atoms with Crippen molar-refractivity contribution in [3.8, 4) is 17.0 Å². The molecule has 3 heterocycles. The first-order valence-corrected chi connectivity index (χ1v) is 9.50. The van der Waals surface area contributed by atoms with Gasteiger partial charge in [0.05, 0.1) is 12.8 Å². The maximum Gasteiger partial charge on any atom is 0.178 e. The number of hydrogen-bond acceptors (Lipinski definition) is 7. The van der Waals surface area contributed by atoms with E-state index in [9.17, 15) is 5.11 Å². The van der Waals surface area contributed by atoms with E-state index < -0.39 is 5.60 Å². The molecule has 1 unspecified atom stereocenters. The first-order valence-electron chi connectivity index (χ1n) is 8.62. The fourth-order valence-electron chi connectivity index (χ4n) is 2.75. The van der Waals surface area contributed by atoms with Gasteiger partial charge in [0.1, 0.15) is 34.1 Å². The zero-order valence-electron chi connectivity index (χ0n) is 14.8. The molecule has 1 aromatic carbocycles. The largest absolute Gasteiger partial charge is 0.491 e. The van der Waals surface area contributed by atoms with Crippen LogP contribution >= 0.6 is 11.3 Å². The summed E-state index contributed by atoms with van der Waals surface area (Å²) in [6.45, 7) is 2.84. The van der Waals surface area contributed by atoms with Crippen molar-refractivity contribution in [1.29, 1.82) is 0 Å². The summed E-state index contributed by atoms with van der Waals surface area (Å²) < 4.78 is 17.4. The van der Waals surface area contributed by atoms with Crippen LogP contribution in [0, 0.1) is 0 Å². The van der Waals surface area contributed by atoms with Crippen molar-refractivity contribution in [3.05, 3.63) is 59.9 Å². The van der Waals surface area contributed by atoms with Gasteiger partial charge in [-0.25, -0.2) is 0 Å². The Hall–Kier alpha value is -2.61. The molecule has 0 aliphatic rings. The first kappa shape index (κ1) is 17.8. The average Bonchev–Trinajstić information content (AvgIpc) is 3.38. The molecule has 4 aromatic rings. The van der Waals surface area contributed by atoms with Crippen LogP contribution < -0.4 is 10.1 Å². The molecule has 4 rings (SSSR count). The highest BCUT2D eigenvalue weighted by atomic mass is 32.1. The van der Waals surface area contributed by atoms with E-state index in [1.165, 1.54) is 0 Å². The molecule has 3 aromatic heterocycles. The molecule has 2 N–H and O–H groups in total. The van der Waals surface area contributed by atoms with Gasteiger partial charge < -0.3 is 24.1 Å². The fraction of sp³-hybridized carbons (Fsp3) is 0.250. The van der Waals surface area contributed by atoms with Crippen molar-refractivity contribution in [1.82, 2.24) is 10.5 Å². The Morgan fingerprint density at radius 3 is 3.04 bits per heavy atom. The zero-order valence-corrected chi connectivity index (χ0v) is 15.7. The summed E-state index contributed by atoms with van der Waals surface area (Å²) in [5, 5.41) is 19.8. The number of hydrogen-bond donors (Lipinski definition) is 2. The Bertz CT molecular complexity index is 1000. The van der Waals surface area contributed by atoms with E-state index in [-0.39, 0.29) is 6.61 Å². The van der Waals surface area contributed by atoms with Gasteiger partial charge in [0.2, 0.25) is 0 Å². The van der Waals surface area contributed by atoms with Gasteiger partial charge in [0.15, 0.2) is 5.58 Å². The molecule has 0 amide bonds.